The number of urea groups is 1. The number of nitrogens with zero attached hydrogens (tertiary/aromatic N) is 3. The van der Waals surface area contributed by atoms with E-state index in [1.807, 2.05) is 13.8 Å². The van der Waals surface area contributed by atoms with Crippen LogP contribution in [-0.4, -0.2) is 45.1 Å². The average molecular weight is 416 g/mol. The minimum Gasteiger partial charge on any atom is -0.466 e. The lowest BCUT2D eigenvalue weighted by Crippen LogP contribution is -2.54. The van der Waals surface area contributed by atoms with Crippen molar-refractivity contribution in [1.82, 2.24) is 20.4 Å². The Kier molecular flexibility index (Phi) is 5.08. The summed E-state index contributed by atoms with van der Waals surface area (Å²) in [5.74, 6) is 0.660. The molecule has 1 aliphatic heterocycles. The third-order valence-corrected chi connectivity index (χ3v) is 5.88. The number of aryl methyl sites for hydroxylation is 2. The summed E-state index contributed by atoms with van der Waals surface area (Å²) < 4.78 is 16.1. The van der Waals surface area contributed by atoms with Crippen molar-refractivity contribution >= 4 is 17.9 Å². The Balaban J connectivity index is 1.36. The number of nitrogens with one attached hydrogen (secondary N) is 1. The topological polar surface area (TPSA) is 128 Å². The van der Waals surface area contributed by atoms with Gasteiger partial charge in [0.2, 0.25) is 0 Å². The van der Waals surface area contributed by atoms with Gasteiger partial charge in [0.25, 0.3) is 17.7 Å². The van der Waals surface area contributed by atoms with Gasteiger partial charge in [0.15, 0.2) is 6.61 Å². The molecule has 2 aromatic heterocycles. The van der Waals surface area contributed by atoms with Gasteiger partial charge < -0.3 is 18.9 Å². The number of hydrogen-bond donors (Lipinski definition) is 1. The van der Waals surface area contributed by atoms with E-state index in [1.54, 1.807) is 13.0 Å². The van der Waals surface area contributed by atoms with E-state index in [2.05, 4.69) is 15.5 Å². The molecule has 2 aliphatic rings. The van der Waals surface area contributed by atoms with Gasteiger partial charge in [-0.05, 0) is 38.7 Å². The number of aromatic nitrogens is 2. The molecule has 1 spiro atoms. The molecule has 1 N–H and O–H groups in total. The average Bonchev–Trinajstić information content (AvgIpc) is 3.36. The van der Waals surface area contributed by atoms with Gasteiger partial charge in [0.1, 0.15) is 23.6 Å². The van der Waals surface area contributed by atoms with Gasteiger partial charge in [-0.1, -0.05) is 19.8 Å². The molecule has 3 amide bonds. The highest BCUT2D eigenvalue weighted by Gasteiger charge is 2.55. The fourth-order valence-electron chi connectivity index (χ4n) is 4.22. The van der Waals surface area contributed by atoms with Crippen molar-refractivity contribution in [2.45, 2.75) is 58.6 Å². The van der Waals surface area contributed by atoms with E-state index in [0.29, 0.717) is 23.5 Å². The first-order valence-corrected chi connectivity index (χ1v) is 9.99. The molecule has 0 bridgehead atoms. The molecule has 30 heavy (non-hydrogen) atoms. The van der Waals surface area contributed by atoms with Crippen LogP contribution in [0.3, 0.4) is 0 Å². The number of furan rings is 1. The molecule has 2 fully saturated rings. The Labute approximate surface area is 172 Å². The summed E-state index contributed by atoms with van der Waals surface area (Å²) in [4.78, 5) is 38.4. The van der Waals surface area contributed by atoms with Crippen molar-refractivity contribution in [1.29, 1.82) is 0 Å². The van der Waals surface area contributed by atoms with Crippen LogP contribution < -0.4 is 5.32 Å². The van der Waals surface area contributed by atoms with Crippen molar-refractivity contribution in [3.05, 3.63) is 23.5 Å². The van der Waals surface area contributed by atoms with Crippen molar-refractivity contribution < 1.29 is 28.0 Å². The Morgan fingerprint density at radius 1 is 1.30 bits per heavy atom. The van der Waals surface area contributed by atoms with Crippen LogP contribution in [0.15, 0.2) is 14.9 Å². The zero-order valence-electron chi connectivity index (χ0n) is 17.2. The van der Waals surface area contributed by atoms with E-state index < -0.39 is 24.1 Å². The number of carbonyl (C=O) groups is 3. The van der Waals surface area contributed by atoms with Gasteiger partial charge in [-0.3, -0.25) is 14.5 Å². The molecule has 1 aliphatic carbocycles. The first kappa shape index (κ1) is 20.1. The molecule has 0 radical (unpaired) electrons. The van der Waals surface area contributed by atoms with Crippen LogP contribution >= 0.6 is 0 Å². The first-order valence-electron chi connectivity index (χ1n) is 9.99. The molecular formula is C20H24N4O6. The molecule has 4 rings (SSSR count). The number of ether oxygens (including phenoxy) is 1. The molecule has 3 heterocycles. The predicted molar refractivity (Wildman–Crippen MR) is 102 cm³/mol. The minimum absolute atomic E-state index is 0.0237. The lowest BCUT2D eigenvalue weighted by atomic mass is 9.73. The van der Waals surface area contributed by atoms with Crippen molar-refractivity contribution in [3.8, 4) is 11.5 Å². The summed E-state index contributed by atoms with van der Waals surface area (Å²) >= 11 is 0. The second kappa shape index (κ2) is 7.58. The van der Waals surface area contributed by atoms with Crippen LogP contribution in [0.25, 0.3) is 11.5 Å². The zero-order chi connectivity index (χ0) is 21.5. The summed E-state index contributed by atoms with van der Waals surface area (Å²) in [6.45, 7) is 4.83. The van der Waals surface area contributed by atoms with Gasteiger partial charge in [-0.15, -0.1) is 10.2 Å². The predicted octanol–water partition coefficient (Wildman–Crippen LogP) is 2.49. The van der Waals surface area contributed by atoms with E-state index in [-0.39, 0.29) is 30.2 Å². The number of imide groups is 1. The Hall–Kier alpha value is -3.17. The largest absolute Gasteiger partial charge is 0.466 e. The molecule has 1 saturated carbocycles. The molecule has 0 aromatic carbocycles. The van der Waals surface area contributed by atoms with Gasteiger partial charge >= 0.3 is 12.0 Å². The molecule has 10 heteroatoms. The number of amides is 3. The monoisotopic (exact) mass is 416 g/mol. The zero-order valence-corrected chi connectivity index (χ0v) is 17.2. The van der Waals surface area contributed by atoms with Crippen molar-refractivity contribution in [2.75, 3.05) is 6.54 Å². The van der Waals surface area contributed by atoms with Gasteiger partial charge in [-0.25, -0.2) is 4.79 Å². The van der Waals surface area contributed by atoms with E-state index >= 15 is 0 Å². The fraction of sp³-hybridized carbons (Fsp3) is 0.550. The standard InChI is InChI=1S/C20H24N4O6/c1-11-6-4-5-7-20(11)18(26)24(19(27)21-20)9-16(25)28-10-15-22-23-17(30-15)14-8-12(2)29-13(14)3/h8,11H,4-7,9-10H2,1-3H3,(H,21,27)/t11-,20+/m0/s1. The van der Waals surface area contributed by atoms with E-state index in [9.17, 15) is 14.4 Å². The van der Waals surface area contributed by atoms with E-state index in [0.717, 1.165) is 24.2 Å². The Morgan fingerprint density at radius 3 is 2.80 bits per heavy atom. The maximum absolute atomic E-state index is 12.9. The molecule has 1 saturated heterocycles. The highest BCUT2D eigenvalue weighted by atomic mass is 16.5. The summed E-state index contributed by atoms with van der Waals surface area (Å²) in [6, 6.07) is 1.22. The summed E-state index contributed by atoms with van der Waals surface area (Å²) in [5, 5.41) is 10.6. The lowest BCUT2D eigenvalue weighted by Gasteiger charge is -2.36. The van der Waals surface area contributed by atoms with Crippen LogP contribution in [0.4, 0.5) is 4.79 Å². The van der Waals surface area contributed by atoms with Gasteiger partial charge in [0.05, 0.1) is 5.56 Å². The lowest BCUT2D eigenvalue weighted by molar-refractivity contribution is -0.150. The third-order valence-electron chi connectivity index (χ3n) is 5.88. The summed E-state index contributed by atoms with van der Waals surface area (Å²) in [5.41, 5.74) is -0.235. The Bertz CT molecular complexity index is 995. The molecule has 160 valence electrons. The van der Waals surface area contributed by atoms with Crippen LogP contribution in [0.1, 0.15) is 50.0 Å². The SMILES string of the molecule is Cc1cc(-c2nnc(COC(=O)CN3C(=O)N[C@@]4(CCCC[C@@H]4C)C3=O)o2)c(C)o1. The molecular weight excluding hydrogens is 392 g/mol. The van der Waals surface area contributed by atoms with Crippen LogP contribution in [-0.2, 0) is 20.9 Å². The van der Waals surface area contributed by atoms with Crippen molar-refractivity contribution in [3.63, 3.8) is 0 Å². The van der Waals surface area contributed by atoms with Crippen LogP contribution in [0, 0.1) is 19.8 Å². The first-order chi connectivity index (χ1) is 14.3. The molecule has 10 nitrogen and oxygen atoms in total. The highest BCUT2D eigenvalue weighted by molar-refractivity contribution is 6.08. The molecule has 2 atom stereocenters. The van der Waals surface area contributed by atoms with Gasteiger partial charge in [0, 0.05) is 0 Å². The maximum Gasteiger partial charge on any atom is 0.326 e. The maximum atomic E-state index is 12.9. The molecule has 2 aromatic rings. The quantitative estimate of drug-likeness (QED) is 0.582. The van der Waals surface area contributed by atoms with Crippen LogP contribution in [0.2, 0.25) is 0 Å². The number of esters is 1. The normalized spacial score (nSPS) is 23.8. The van der Waals surface area contributed by atoms with E-state index in [4.69, 9.17) is 13.6 Å². The Morgan fingerprint density at radius 2 is 2.10 bits per heavy atom. The second-order valence-electron chi connectivity index (χ2n) is 7.93. The number of hydrogen-bond acceptors (Lipinski definition) is 8. The minimum atomic E-state index is -0.905. The number of rotatable bonds is 5. The third kappa shape index (κ3) is 3.46. The van der Waals surface area contributed by atoms with Gasteiger partial charge in [-0.2, -0.15) is 0 Å². The number of carbonyl (C=O) groups excluding carboxylic acids is 3. The smallest absolute Gasteiger partial charge is 0.326 e. The fourth-order valence-corrected chi connectivity index (χ4v) is 4.22. The van der Waals surface area contributed by atoms with Crippen LogP contribution in [0.5, 0.6) is 0 Å². The van der Waals surface area contributed by atoms with E-state index in [1.165, 1.54) is 0 Å². The summed E-state index contributed by atoms with van der Waals surface area (Å²) in [7, 11) is 0. The molecule has 0 unspecified atom stereocenters. The van der Waals surface area contributed by atoms with Crippen molar-refractivity contribution in [2.24, 2.45) is 5.92 Å². The highest BCUT2D eigenvalue weighted by Crippen LogP contribution is 2.38. The second-order valence-corrected chi connectivity index (χ2v) is 7.93. The summed E-state index contributed by atoms with van der Waals surface area (Å²) in [6.07, 6.45) is 3.34.